The molecule has 0 aromatic heterocycles. The Balaban J connectivity index is 1.82. The number of aliphatic hydroxyl groups is 1. The highest BCUT2D eigenvalue weighted by atomic mass is 16.3. The van der Waals surface area contributed by atoms with E-state index in [1.54, 1.807) is 12.1 Å². The zero-order valence-corrected chi connectivity index (χ0v) is 19.6. The van der Waals surface area contributed by atoms with E-state index in [9.17, 15) is 19.8 Å². The Hall–Kier alpha value is -3.22. The third-order valence-electron chi connectivity index (χ3n) is 5.60. The zero-order chi connectivity index (χ0) is 25.2. The summed E-state index contributed by atoms with van der Waals surface area (Å²) in [6, 6.07) is 5.84. The van der Waals surface area contributed by atoms with Gasteiger partial charge < -0.3 is 47.6 Å². The average Bonchev–Trinajstić information content (AvgIpc) is 2.85. The number of hydrogen-bond donors (Lipinski definition) is 9. The summed E-state index contributed by atoms with van der Waals surface area (Å²) >= 11 is 0. The molecule has 0 amide bonds. The number of aromatic hydroxyl groups is 2. The normalized spacial score (nSPS) is 12.4. The maximum Gasteiger partial charge on any atom is 0.200 e. The Bertz CT molecular complexity index is 1050. The van der Waals surface area contributed by atoms with Crippen molar-refractivity contribution in [2.45, 2.75) is 0 Å². The van der Waals surface area contributed by atoms with Crippen molar-refractivity contribution in [2.24, 2.45) is 5.73 Å². The van der Waals surface area contributed by atoms with Gasteiger partial charge in [-0.25, -0.2) is 0 Å². The van der Waals surface area contributed by atoms with Gasteiger partial charge in [-0.3, -0.25) is 9.59 Å². The van der Waals surface area contributed by atoms with E-state index in [-0.39, 0.29) is 40.4 Å². The lowest BCUT2D eigenvalue weighted by Crippen LogP contribution is -2.33. The molecular formula is C24H34N6O5. The molecule has 0 spiro atoms. The second kappa shape index (κ2) is 13.0. The number of phenols is 2. The van der Waals surface area contributed by atoms with Gasteiger partial charge in [0.25, 0.3) is 0 Å². The predicted octanol–water partition coefficient (Wildman–Crippen LogP) is -0.583. The molecule has 10 N–H and O–H groups in total. The van der Waals surface area contributed by atoms with Gasteiger partial charge >= 0.3 is 0 Å². The molecule has 35 heavy (non-hydrogen) atoms. The molecule has 2 aromatic rings. The van der Waals surface area contributed by atoms with Crippen LogP contribution in [-0.2, 0) is 0 Å². The highest BCUT2D eigenvalue weighted by molar-refractivity contribution is 6.33. The van der Waals surface area contributed by atoms with E-state index in [4.69, 9.17) is 10.8 Å². The monoisotopic (exact) mass is 486 g/mol. The van der Waals surface area contributed by atoms with E-state index in [1.165, 1.54) is 12.1 Å². The van der Waals surface area contributed by atoms with E-state index in [0.29, 0.717) is 50.6 Å². The number of nitrogens with one attached hydrogen (secondary N) is 5. The lowest BCUT2D eigenvalue weighted by Gasteiger charge is -2.25. The van der Waals surface area contributed by atoms with Crippen molar-refractivity contribution in [1.29, 1.82) is 0 Å². The number of benzene rings is 2. The maximum absolute atomic E-state index is 13.5. The molecule has 0 saturated heterocycles. The van der Waals surface area contributed by atoms with Gasteiger partial charge in [-0.2, -0.15) is 0 Å². The molecule has 0 saturated carbocycles. The molecule has 2 aromatic carbocycles. The van der Waals surface area contributed by atoms with Crippen molar-refractivity contribution in [3.05, 3.63) is 46.5 Å². The summed E-state index contributed by atoms with van der Waals surface area (Å²) in [6.07, 6.45) is 0. The molecule has 1 aliphatic rings. The number of ketones is 2. The van der Waals surface area contributed by atoms with Gasteiger partial charge in [-0.1, -0.05) is 0 Å². The number of nitrogens with two attached hydrogens (primary N) is 1. The highest BCUT2D eigenvalue weighted by Crippen LogP contribution is 2.42. The number of carbonyl (C=O) groups is 2. The summed E-state index contributed by atoms with van der Waals surface area (Å²) in [5.41, 5.74) is 6.27. The molecule has 11 heteroatoms. The fraction of sp³-hybridized carbons (Fsp3) is 0.417. The second-order valence-electron chi connectivity index (χ2n) is 8.04. The van der Waals surface area contributed by atoms with E-state index >= 15 is 0 Å². The summed E-state index contributed by atoms with van der Waals surface area (Å²) in [5.74, 6) is -1.79. The van der Waals surface area contributed by atoms with Crippen LogP contribution in [0, 0.1) is 0 Å². The molecule has 0 radical (unpaired) electrons. The van der Waals surface area contributed by atoms with Crippen molar-refractivity contribution in [3.8, 4) is 11.5 Å². The van der Waals surface area contributed by atoms with E-state index in [0.717, 1.165) is 19.6 Å². The Morgan fingerprint density at radius 2 is 1.03 bits per heavy atom. The minimum absolute atomic E-state index is 0.0153. The van der Waals surface area contributed by atoms with E-state index in [1.807, 2.05) is 0 Å². The predicted molar refractivity (Wildman–Crippen MR) is 135 cm³/mol. The van der Waals surface area contributed by atoms with Crippen LogP contribution in [0.1, 0.15) is 31.8 Å². The summed E-state index contributed by atoms with van der Waals surface area (Å²) in [7, 11) is 0. The van der Waals surface area contributed by atoms with Crippen LogP contribution in [-0.4, -0.2) is 92.4 Å². The molecule has 0 heterocycles. The van der Waals surface area contributed by atoms with Crippen LogP contribution >= 0.6 is 0 Å². The van der Waals surface area contributed by atoms with Gasteiger partial charge in [0.2, 0.25) is 11.6 Å². The van der Waals surface area contributed by atoms with Gasteiger partial charge in [0.1, 0.15) is 11.5 Å². The first-order chi connectivity index (χ1) is 17.0. The third-order valence-corrected chi connectivity index (χ3v) is 5.60. The van der Waals surface area contributed by atoms with Gasteiger partial charge in [-0.05, 0) is 24.3 Å². The summed E-state index contributed by atoms with van der Waals surface area (Å²) in [4.78, 5) is 27.0. The molecule has 11 nitrogen and oxygen atoms in total. The first-order valence-electron chi connectivity index (χ1n) is 11.7. The second-order valence-corrected chi connectivity index (χ2v) is 8.04. The molecule has 0 unspecified atom stereocenters. The van der Waals surface area contributed by atoms with Crippen LogP contribution in [0.4, 0.5) is 11.4 Å². The van der Waals surface area contributed by atoms with Crippen LogP contribution in [0.3, 0.4) is 0 Å². The van der Waals surface area contributed by atoms with Crippen LogP contribution < -0.4 is 32.3 Å². The minimum Gasteiger partial charge on any atom is -0.507 e. The molecule has 190 valence electrons. The number of anilines is 2. The SMILES string of the molecule is NCCNCCNCCNc1ccc(NCCNCCO)c2c1C(=O)c1c(O)ccc(O)c1C2=O. The van der Waals surface area contributed by atoms with Crippen molar-refractivity contribution >= 4 is 22.9 Å². The summed E-state index contributed by atoms with van der Waals surface area (Å²) < 4.78 is 0. The van der Waals surface area contributed by atoms with Crippen molar-refractivity contribution in [2.75, 3.05) is 76.1 Å². The lowest BCUT2D eigenvalue weighted by molar-refractivity contribution is 0.0975. The van der Waals surface area contributed by atoms with E-state index < -0.39 is 11.6 Å². The summed E-state index contributed by atoms with van der Waals surface area (Å²) in [5, 5.41) is 45.4. The molecule has 0 aliphatic heterocycles. The highest BCUT2D eigenvalue weighted by Gasteiger charge is 2.37. The fourth-order valence-electron chi connectivity index (χ4n) is 3.96. The van der Waals surface area contributed by atoms with Gasteiger partial charge in [0.05, 0.1) is 28.9 Å². The van der Waals surface area contributed by atoms with Crippen molar-refractivity contribution in [1.82, 2.24) is 16.0 Å². The molecule has 1 aliphatic carbocycles. The zero-order valence-electron chi connectivity index (χ0n) is 19.6. The average molecular weight is 487 g/mol. The number of rotatable bonds is 15. The number of fused-ring (bicyclic) bond motifs is 2. The number of aliphatic hydroxyl groups excluding tert-OH is 1. The molecule has 3 rings (SSSR count). The number of phenolic OH excluding ortho intramolecular Hbond substituents is 2. The molecule has 0 bridgehead atoms. The Labute approximate surface area is 204 Å². The van der Waals surface area contributed by atoms with Crippen LogP contribution in [0.15, 0.2) is 24.3 Å². The fourth-order valence-corrected chi connectivity index (χ4v) is 3.96. The maximum atomic E-state index is 13.5. The molecule has 0 fully saturated rings. The first kappa shape index (κ1) is 26.4. The quantitative estimate of drug-likeness (QED) is 0.0990. The topological polar surface area (TPSA) is 181 Å². The van der Waals surface area contributed by atoms with Crippen LogP contribution in [0.25, 0.3) is 0 Å². The standard InChI is InChI=1S/C24H34N6O5/c25-5-6-26-7-8-27-9-11-29-15-1-2-16(30-12-10-28-13-14-31)20-19(15)23(34)21-17(32)3-4-18(33)22(21)24(20)35/h1-4,26-33H,5-14,25H2. The first-order valence-corrected chi connectivity index (χ1v) is 11.7. The summed E-state index contributed by atoms with van der Waals surface area (Å²) in [6.45, 7) is 5.44. The van der Waals surface area contributed by atoms with Crippen molar-refractivity contribution in [3.63, 3.8) is 0 Å². The lowest BCUT2D eigenvalue weighted by atomic mass is 9.81. The third kappa shape index (κ3) is 6.27. The van der Waals surface area contributed by atoms with Gasteiger partial charge in [-0.15, -0.1) is 0 Å². The van der Waals surface area contributed by atoms with Gasteiger partial charge in [0, 0.05) is 70.3 Å². The number of hydrogen-bond acceptors (Lipinski definition) is 11. The van der Waals surface area contributed by atoms with Crippen molar-refractivity contribution < 1.29 is 24.9 Å². The Morgan fingerprint density at radius 3 is 1.49 bits per heavy atom. The largest absolute Gasteiger partial charge is 0.507 e. The van der Waals surface area contributed by atoms with Crippen LogP contribution in [0.2, 0.25) is 0 Å². The minimum atomic E-state index is -0.540. The molecule has 0 atom stereocenters. The number of carbonyl (C=O) groups excluding carboxylic acids is 2. The Morgan fingerprint density at radius 1 is 0.600 bits per heavy atom. The van der Waals surface area contributed by atoms with E-state index in [2.05, 4.69) is 26.6 Å². The Kier molecular flexibility index (Phi) is 9.82. The smallest absolute Gasteiger partial charge is 0.200 e. The van der Waals surface area contributed by atoms with Gasteiger partial charge in [0.15, 0.2) is 0 Å². The molecular weight excluding hydrogens is 452 g/mol. The van der Waals surface area contributed by atoms with Crippen LogP contribution in [0.5, 0.6) is 11.5 Å².